The van der Waals surface area contributed by atoms with E-state index in [-0.39, 0.29) is 16.7 Å². The molecule has 2 atom stereocenters. The number of allylic oxidation sites excluding steroid dienone is 2. The Morgan fingerprint density at radius 1 is 1.23 bits per heavy atom. The van der Waals surface area contributed by atoms with E-state index in [0.29, 0.717) is 13.2 Å². The summed E-state index contributed by atoms with van der Waals surface area (Å²) in [7, 11) is 0. The minimum absolute atomic E-state index is 0.0269. The number of hydrogen-bond acceptors (Lipinski definition) is 2. The lowest BCUT2D eigenvalue weighted by Gasteiger charge is -2.42. The van der Waals surface area contributed by atoms with Crippen molar-refractivity contribution >= 4 is 6.29 Å². The lowest BCUT2D eigenvalue weighted by Crippen LogP contribution is -2.35. The zero-order chi connectivity index (χ0) is 16.1. The number of benzene rings is 1. The van der Waals surface area contributed by atoms with Gasteiger partial charge in [0.1, 0.15) is 6.29 Å². The largest absolute Gasteiger partial charge is 0.377 e. The molecule has 0 aliphatic heterocycles. The first-order valence-corrected chi connectivity index (χ1v) is 8.20. The monoisotopic (exact) mass is 300 g/mol. The highest BCUT2D eigenvalue weighted by atomic mass is 16.5. The first-order chi connectivity index (χ1) is 10.5. The smallest absolute Gasteiger partial charge is 0.124 e. The maximum absolute atomic E-state index is 11.6. The third kappa shape index (κ3) is 4.54. The molecule has 0 fully saturated rings. The molecule has 0 saturated heterocycles. The lowest BCUT2D eigenvalue weighted by molar-refractivity contribution is -0.115. The average molecular weight is 300 g/mol. The Morgan fingerprint density at radius 3 is 2.59 bits per heavy atom. The van der Waals surface area contributed by atoms with Crippen molar-refractivity contribution in [2.75, 3.05) is 6.61 Å². The van der Waals surface area contributed by atoms with Crippen LogP contribution in [0.5, 0.6) is 0 Å². The molecular weight excluding hydrogens is 272 g/mol. The van der Waals surface area contributed by atoms with Crippen LogP contribution in [0.3, 0.4) is 0 Å². The zero-order valence-electron chi connectivity index (χ0n) is 14.0. The number of rotatable bonds is 7. The fourth-order valence-corrected chi connectivity index (χ4v) is 3.59. The Hall–Kier alpha value is -1.41. The summed E-state index contributed by atoms with van der Waals surface area (Å²) in [6.07, 6.45) is 8.54. The van der Waals surface area contributed by atoms with E-state index >= 15 is 0 Å². The van der Waals surface area contributed by atoms with Gasteiger partial charge in [0.25, 0.3) is 0 Å². The molecule has 1 aliphatic carbocycles. The number of carbonyl (C=O) groups excluding carboxylic acids is 1. The highest BCUT2D eigenvalue weighted by Gasteiger charge is 2.38. The summed E-state index contributed by atoms with van der Waals surface area (Å²) >= 11 is 0. The fourth-order valence-electron chi connectivity index (χ4n) is 3.59. The van der Waals surface area contributed by atoms with Crippen molar-refractivity contribution in [1.29, 1.82) is 0 Å². The first-order valence-electron chi connectivity index (χ1n) is 8.20. The van der Waals surface area contributed by atoms with Gasteiger partial charge in [0.2, 0.25) is 0 Å². The molecule has 0 radical (unpaired) electrons. The minimum Gasteiger partial charge on any atom is -0.377 e. The summed E-state index contributed by atoms with van der Waals surface area (Å²) in [5.74, 6) is 0.0269. The molecule has 0 N–H and O–H groups in total. The second-order valence-electron chi connectivity index (χ2n) is 7.52. The van der Waals surface area contributed by atoms with Gasteiger partial charge in [-0.15, -0.1) is 0 Å². The van der Waals surface area contributed by atoms with Crippen molar-refractivity contribution in [2.24, 2.45) is 16.7 Å². The fraction of sp³-hybridized carbons (Fsp3) is 0.550. The van der Waals surface area contributed by atoms with Gasteiger partial charge in [-0.2, -0.15) is 0 Å². The number of ether oxygens (including phenoxy) is 1. The number of hydrogen-bond donors (Lipinski definition) is 0. The van der Waals surface area contributed by atoms with E-state index < -0.39 is 0 Å². The van der Waals surface area contributed by atoms with Gasteiger partial charge < -0.3 is 9.53 Å². The van der Waals surface area contributed by atoms with Crippen molar-refractivity contribution in [2.45, 2.75) is 46.6 Å². The van der Waals surface area contributed by atoms with Gasteiger partial charge in [-0.05, 0) is 35.7 Å². The Labute approximate surface area is 134 Å². The normalized spacial score (nSPS) is 24.9. The Bertz CT molecular complexity index is 504. The third-order valence-electron chi connectivity index (χ3n) is 4.72. The van der Waals surface area contributed by atoms with E-state index in [2.05, 4.69) is 45.1 Å². The molecule has 0 aromatic heterocycles. The molecule has 2 rings (SSSR count). The summed E-state index contributed by atoms with van der Waals surface area (Å²) in [6.45, 7) is 8.01. The lowest BCUT2D eigenvalue weighted by atomic mass is 9.62. The molecule has 2 heteroatoms. The zero-order valence-corrected chi connectivity index (χ0v) is 14.0. The van der Waals surface area contributed by atoms with Gasteiger partial charge in [0.15, 0.2) is 0 Å². The molecule has 120 valence electrons. The van der Waals surface area contributed by atoms with Crippen molar-refractivity contribution in [3.63, 3.8) is 0 Å². The highest BCUT2D eigenvalue weighted by Crippen LogP contribution is 2.46. The van der Waals surface area contributed by atoms with Crippen LogP contribution in [0.15, 0.2) is 42.5 Å². The summed E-state index contributed by atoms with van der Waals surface area (Å²) in [5, 5.41) is 0. The summed E-state index contributed by atoms with van der Waals surface area (Å²) < 4.78 is 5.76. The van der Waals surface area contributed by atoms with Crippen LogP contribution in [0, 0.1) is 16.7 Å². The van der Waals surface area contributed by atoms with E-state index in [1.165, 1.54) is 5.56 Å². The van der Waals surface area contributed by atoms with Gasteiger partial charge >= 0.3 is 0 Å². The van der Waals surface area contributed by atoms with E-state index in [4.69, 9.17) is 4.74 Å². The molecule has 0 bridgehead atoms. The van der Waals surface area contributed by atoms with Gasteiger partial charge in [-0.3, -0.25) is 0 Å². The molecule has 0 unspecified atom stereocenters. The van der Waals surface area contributed by atoms with Crippen LogP contribution in [-0.4, -0.2) is 12.9 Å². The standard InChI is InChI=1S/C20H28O2/c1-19(2)11-7-12-20(3,16-19)18(14-21)10-13-22-15-17-8-5-4-6-9-17/h4-9,12,14,18H,10-11,13,15-16H2,1-3H3/t18-,20+/m1/s1. The molecule has 0 heterocycles. The predicted octanol–water partition coefficient (Wildman–Crippen LogP) is 4.79. The van der Waals surface area contributed by atoms with E-state index in [1.54, 1.807) is 0 Å². The van der Waals surface area contributed by atoms with Crippen LogP contribution in [0.4, 0.5) is 0 Å². The van der Waals surface area contributed by atoms with Crippen molar-refractivity contribution in [1.82, 2.24) is 0 Å². The van der Waals surface area contributed by atoms with E-state index in [1.807, 2.05) is 18.2 Å². The summed E-state index contributed by atoms with van der Waals surface area (Å²) in [4.78, 5) is 11.6. The maximum Gasteiger partial charge on any atom is 0.124 e. The van der Waals surface area contributed by atoms with Gasteiger partial charge in [-0.25, -0.2) is 0 Å². The summed E-state index contributed by atoms with van der Waals surface area (Å²) in [6, 6.07) is 10.2. The van der Waals surface area contributed by atoms with Crippen LogP contribution in [0.25, 0.3) is 0 Å². The van der Waals surface area contributed by atoms with Crippen molar-refractivity contribution in [3.8, 4) is 0 Å². The Balaban J connectivity index is 1.86. The van der Waals surface area contributed by atoms with Crippen molar-refractivity contribution in [3.05, 3.63) is 48.0 Å². The molecular formula is C20H28O2. The topological polar surface area (TPSA) is 26.3 Å². The average Bonchev–Trinajstić information content (AvgIpc) is 2.46. The van der Waals surface area contributed by atoms with Gasteiger partial charge in [0.05, 0.1) is 6.61 Å². The third-order valence-corrected chi connectivity index (χ3v) is 4.72. The van der Waals surface area contributed by atoms with Crippen LogP contribution in [0.1, 0.15) is 45.6 Å². The number of aldehydes is 1. The minimum atomic E-state index is -0.0421. The molecule has 1 aliphatic rings. The van der Waals surface area contributed by atoms with Gasteiger partial charge in [0, 0.05) is 12.5 Å². The second kappa shape index (κ2) is 7.23. The molecule has 0 amide bonds. The highest BCUT2D eigenvalue weighted by molar-refractivity contribution is 5.56. The Morgan fingerprint density at radius 2 is 1.95 bits per heavy atom. The molecule has 0 saturated carbocycles. The SMILES string of the molecule is CC1(C)CC=C[C@](C)([C@@H](C=O)CCOCc2ccccc2)C1. The number of carbonyl (C=O) groups is 1. The van der Waals surface area contributed by atoms with Crippen molar-refractivity contribution < 1.29 is 9.53 Å². The second-order valence-corrected chi connectivity index (χ2v) is 7.52. The van der Waals surface area contributed by atoms with E-state index in [0.717, 1.165) is 25.5 Å². The van der Waals surface area contributed by atoms with E-state index in [9.17, 15) is 4.79 Å². The molecule has 22 heavy (non-hydrogen) atoms. The van der Waals surface area contributed by atoms with Crippen LogP contribution in [0.2, 0.25) is 0 Å². The predicted molar refractivity (Wildman–Crippen MR) is 90.5 cm³/mol. The molecule has 0 spiro atoms. The quantitative estimate of drug-likeness (QED) is 0.411. The summed E-state index contributed by atoms with van der Waals surface area (Å²) in [5.41, 5.74) is 1.41. The molecule has 2 nitrogen and oxygen atoms in total. The van der Waals surface area contributed by atoms with Gasteiger partial charge in [-0.1, -0.05) is 63.3 Å². The first kappa shape index (κ1) is 17.0. The molecule has 1 aromatic carbocycles. The molecule has 1 aromatic rings. The van der Waals surface area contributed by atoms with Crippen LogP contribution < -0.4 is 0 Å². The van der Waals surface area contributed by atoms with Crippen LogP contribution in [-0.2, 0) is 16.1 Å². The Kier molecular flexibility index (Phi) is 5.57. The maximum atomic E-state index is 11.6. The van der Waals surface area contributed by atoms with Crippen LogP contribution >= 0.6 is 0 Å².